The van der Waals surface area contributed by atoms with Gasteiger partial charge in [-0.2, -0.15) is 5.26 Å². The van der Waals surface area contributed by atoms with Crippen LogP contribution in [0.25, 0.3) is 0 Å². The lowest BCUT2D eigenvalue weighted by molar-refractivity contribution is 0.218. The van der Waals surface area contributed by atoms with E-state index in [1.165, 1.54) is 0 Å². The largest absolute Gasteiger partial charge is 0.384 e. The topological polar surface area (TPSA) is 33.0 Å². The molecular weight excluding hydrogens is 194 g/mol. The first-order valence-corrected chi connectivity index (χ1v) is 5.39. The fourth-order valence-corrected chi connectivity index (χ4v) is 1.99. The third kappa shape index (κ3) is 3.06. The molecule has 3 heteroatoms. The average molecular weight is 207 g/mol. The summed E-state index contributed by atoms with van der Waals surface area (Å²) < 4.78 is 4.96. The summed E-state index contributed by atoms with van der Waals surface area (Å²) in [5, 5.41) is 8.90. The number of hydrogen-bond donors (Lipinski definition) is 0. The number of aryl methyl sites for hydroxylation is 1. The zero-order valence-electron chi connectivity index (χ0n) is 8.41. The van der Waals surface area contributed by atoms with Gasteiger partial charge in [0.05, 0.1) is 12.2 Å². The second-order valence-electron chi connectivity index (χ2n) is 2.95. The molecule has 14 heavy (non-hydrogen) atoms. The molecule has 0 aliphatic heterocycles. The van der Waals surface area contributed by atoms with Gasteiger partial charge in [0.2, 0.25) is 0 Å². The monoisotopic (exact) mass is 207 g/mol. The predicted molar refractivity (Wildman–Crippen MR) is 58.5 cm³/mol. The number of methoxy groups -OCH3 is 1. The van der Waals surface area contributed by atoms with Gasteiger partial charge in [0.25, 0.3) is 0 Å². The minimum absolute atomic E-state index is 0.712. The molecule has 0 heterocycles. The van der Waals surface area contributed by atoms with Crippen molar-refractivity contribution in [1.82, 2.24) is 0 Å². The second kappa shape index (κ2) is 5.69. The zero-order chi connectivity index (χ0) is 10.4. The second-order valence-corrected chi connectivity index (χ2v) is 4.09. The van der Waals surface area contributed by atoms with Crippen LogP contribution in [0.3, 0.4) is 0 Å². The molecule has 0 bridgehead atoms. The Hall–Kier alpha value is -0.980. The number of thioether (sulfide) groups is 1. The number of benzene rings is 1. The molecule has 0 aromatic heterocycles. The molecule has 0 saturated heterocycles. The highest BCUT2D eigenvalue weighted by Crippen LogP contribution is 2.22. The van der Waals surface area contributed by atoms with Gasteiger partial charge in [-0.15, -0.1) is 11.8 Å². The van der Waals surface area contributed by atoms with Crippen molar-refractivity contribution in [1.29, 1.82) is 5.26 Å². The number of rotatable bonds is 4. The van der Waals surface area contributed by atoms with Crippen LogP contribution in [0.1, 0.15) is 11.1 Å². The Labute approximate surface area is 88.9 Å². The van der Waals surface area contributed by atoms with E-state index in [0.29, 0.717) is 6.61 Å². The summed E-state index contributed by atoms with van der Waals surface area (Å²) in [5.74, 6) is 0.883. The third-order valence-corrected chi connectivity index (χ3v) is 2.84. The van der Waals surface area contributed by atoms with Gasteiger partial charge < -0.3 is 4.74 Å². The van der Waals surface area contributed by atoms with E-state index >= 15 is 0 Å². The highest BCUT2D eigenvalue weighted by Gasteiger charge is 2.01. The normalized spacial score (nSPS) is 9.79. The molecule has 2 nitrogen and oxygen atoms in total. The molecule has 0 amide bonds. The first-order valence-electron chi connectivity index (χ1n) is 4.40. The molecular formula is C11H13NOS. The van der Waals surface area contributed by atoms with Crippen molar-refractivity contribution < 1.29 is 4.74 Å². The third-order valence-electron chi connectivity index (χ3n) is 1.80. The molecule has 0 aliphatic carbocycles. The van der Waals surface area contributed by atoms with E-state index in [9.17, 15) is 0 Å². The average Bonchev–Trinajstić information content (AvgIpc) is 2.20. The predicted octanol–water partition coefficient (Wildman–Crippen LogP) is 2.61. The standard InChI is InChI=1S/C11H13NOS/c1-9-3-4-11(10(7-9)8-12)14-6-5-13-2/h3-4,7H,5-6H2,1-2H3. The van der Waals surface area contributed by atoms with Crippen LogP contribution in [0.2, 0.25) is 0 Å². The smallest absolute Gasteiger partial charge is 0.100 e. The molecule has 0 radical (unpaired) electrons. The Kier molecular flexibility index (Phi) is 4.51. The van der Waals surface area contributed by atoms with Crippen molar-refractivity contribution in [2.75, 3.05) is 19.5 Å². The number of nitriles is 1. The van der Waals surface area contributed by atoms with E-state index in [1.54, 1.807) is 18.9 Å². The Bertz CT molecular complexity index is 344. The summed E-state index contributed by atoms with van der Waals surface area (Å²) in [6.45, 7) is 2.70. The maximum Gasteiger partial charge on any atom is 0.100 e. The fraction of sp³-hybridized carbons (Fsp3) is 0.364. The van der Waals surface area contributed by atoms with Crippen LogP contribution in [-0.4, -0.2) is 19.5 Å². The Balaban J connectivity index is 2.72. The van der Waals surface area contributed by atoms with Gasteiger partial charge in [0.15, 0.2) is 0 Å². The van der Waals surface area contributed by atoms with Crippen LogP contribution < -0.4 is 0 Å². The molecule has 1 rings (SSSR count). The van der Waals surface area contributed by atoms with Gasteiger partial charge in [-0.05, 0) is 24.6 Å². The van der Waals surface area contributed by atoms with E-state index in [2.05, 4.69) is 6.07 Å². The van der Waals surface area contributed by atoms with E-state index in [-0.39, 0.29) is 0 Å². The lowest BCUT2D eigenvalue weighted by atomic mass is 10.2. The van der Waals surface area contributed by atoms with Crippen LogP contribution in [0, 0.1) is 18.3 Å². The summed E-state index contributed by atoms with van der Waals surface area (Å²) in [5.41, 5.74) is 1.88. The lowest BCUT2D eigenvalue weighted by Crippen LogP contribution is -1.92. The van der Waals surface area contributed by atoms with Gasteiger partial charge in [-0.25, -0.2) is 0 Å². The van der Waals surface area contributed by atoms with Crippen molar-refractivity contribution in [3.63, 3.8) is 0 Å². The molecule has 0 aliphatic rings. The van der Waals surface area contributed by atoms with Crippen LogP contribution >= 0.6 is 11.8 Å². The minimum atomic E-state index is 0.712. The van der Waals surface area contributed by atoms with E-state index in [0.717, 1.165) is 21.8 Å². The van der Waals surface area contributed by atoms with Gasteiger partial charge >= 0.3 is 0 Å². The van der Waals surface area contributed by atoms with Gasteiger partial charge in [-0.3, -0.25) is 0 Å². The summed E-state index contributed by atoms with van der Waals surface area (Å²) in [7, 11) is 1.68. The maximum absolute atomic E-state index is 8.90. The van der Waals surface area contributed by atoms with Crippen molar-refractivity contribution in [2.45, 2.75) is 11.8 Å². The van der Waals surface area contributed by atoms with Crippen molar-refractivity contribution in [3.05, 3.63) is 29.3 Å². The molecule has 0 saturated carbocycles. The highest BCUT2D eigenvalue weighted by molar-refractivity contribution is 7.99. The quantitative estimate of drug-likeness (QED) is 0.562. The Morgan fingerprint density at radius 2 is 2.29 bits per heavy atom. The van der Waals surface area contributed by atoms with Crippen LogP contribution in [0.5, 0.6) is 0 Å². The number of ether oxygens (including phenoxy) is 1. The molecule has 0 spiro atoms. The first kappa shape index (κ1) is 11.1. The molecule has 0 N–H and O–H groups in total. The number of nitrogens with zero attached hydrogens (tertiary/aromatic N) is 1. The molecule has 0 atom stereocenters. The maximum atomic E-state index is 8.90. The summed E-state index contributed by atoms with van der Waals surface area (Å²) in [6, 6.07) is 8.13. The van der Waals surface area contributed by atoms with Crippen LogP contribution in [0.4, 0.5) is 0 Å². The summed E-state index contributed by atoms with van der Waals surface area (Å²) in [6.07, 6.45) is 0. The molecule has 1 aromatic carbocycles. The summed E-state index contributed by atoms with van der Waals surface area (Å²) >= 11 is 1.66. The van der Waals surface area contributed by atoms with Crippen LogP contribution in [-0.2, 0) is 4.74 Å². The minimum Gasteiger partial charge on any atom is -0.384 e. The molecule has 0 fully saturated rings. The van der Waals surface area contributed by atoms with E-state index in [4.69, 9.17) is 10.00 Å². The SMILES string of the molecule is COCCSc1ccc(C)cc1C#N. The highest BCUT2D eigenvalue weighted by atomic mass is 32.2. The molecule has 0 unspecified atom stereocenters. The van der Waals surface area contributed by atoms with Gasteiger partial charge in [0.1, 0.15) is 6.07 Å². The lowest BCUT2D eigenvalue weighted by Gasteiger charge is -2.03. The Morgan fingerprint density at radius 3 is 2.93 bits per heavy atom. The van der Waals surface area contributed by atoms with E-state index in [1.807, 2.05) is 25.1 Å². The fourth-order valence-electron chi connectivity index (χ4n) is 1.09. The number of hydrogen-bond acceptors (Lipinski definition) is 3. The van der Waals surface area contributed by atoms with Crippen molar-refractivity contribution in [3.8, 4) is 6.07 Å². The molecule has 1 aromatic rings. The van der Waals surface area contributed by atoms with Crippen molar-refractivity contribution in [2.24, 2.45) is 0 Å². The first-order chi connectivity index (χ1) is 6.77. The molecule has 74 valence electrons. The zero-order valence-corrected chi connectivity index (χ0v) is 9.23. The summed E-state index contributed by atoms with van der Waals surface area (Å²) in [4.78, 5) is 1.04. The van der Waals surface area contributed by atoms with Crippen LogP contribution in [0.15, 0.2) is 23.1 Å². The van der Waals surface area contributed by atoms with E-state index < -0.39 is 0 Å². The van der Waals surface area contributed by atoms with Crippen molar-refractivity contribution >= 4 is 11.8 Å². The van der Waals surface area contributed by atoms with Gasteiger partial charge in [-0.1, -0.05) is 6.07 Å². The van der Waals surface area contributed by atoms with Gasteiger partial charge in [0, 0.05) is 17.8 Å². The Morgan fingerprint density at radius 1 is 1.50 bits per heavy atom.